The van der Waals surface area contributed by atoms with E-state index in [2.05, 4.69) is 0 Å². The maximum atomic E-state index is 15.7. The monoisotopic (exact) mass is 554 g/mol. The van der Waals surface area contributed by atoms with E-state index in [4.69, 9.17) is 14.2 Å². The Kier molecular flexibility index (Phi) is 7.11. The Hall–Kier alpha value is -3.52. The van der Waals surface area contributed by atoms with Crippen LogP contribution in [0.5, 0.6) is 11.5 Å². The van der Waals surface area contributed by atoms with Gasteiger partial charge in [0.1, 0.15) is 24.0 Å². The normalized spacial score (nSPS) is 20.4. The molecule has 1 saturated carbocycles. The molecule has 2 aliphatic carbocycles. The highest BCUT2D eigenvalue weighted by Crippen LogP contribution is 2.63. The third kappa shape index (κ3) is 4.72. The van der Waals surface area contributed by atoms with E-state index in [1.807, 2.05) is 26.8 Å². The van der Waals surface area contributed by atoms with Crippen LogP contribution in [0.3, 0.4) is 0 Å². The Balaban J connectivity index is 1.51. The van der Waals surface area contributed by atoms with Crippen molar-refractivity contribution in [2.24, 2.45) is 11.3 Å². The van der Waals surface area contributed by atoms with E-state index in [-0.39, 0.29) is 28.9 Å². The third-order valence-corrected chi connectivity index (χ3v) is 8.25. The standard InChI is InChI=1S/C32H33F3O5/c1-31(2,3)29(39-5)22-12-17(6-8-19(22)21-13-18(38-4)7-9-24(21)33)16-40-26-14-25(34)20-10-11-32(27(20)28(26)35)15-23(32)30(36)37/h6-9,12-14,23,29H,10-11,15-16H2,1-5H3,(H,36,37)/t23-,29-,32-/m0/s1. The zero-order chi connectivity index (χ0) is 29.0. The number of ether oxygens (including phenoxy) is 3. The van der Waals surface area contributed by atoms with Crippen molar-refractivity contribution in [1.82, 2.24) is 0 Å². The van der Waals surface area contributed by atoms with Gasteiger partial charge in [0.05, 0.1) is 19.1 Å². The summed E-state index contributed by atoms with van der Waals surface area (Å²) < 4.78 is 62.7. The highest BCUT2D eigenvalue weighted by atomic mass is 19.1. The summed E-state index contributed by atoms with van der Waals surface area (Å²) in [5.41, 5.74) is 1.50. The van der Waals surface area contributed by atoms with Crippen LogP contribution in [0.2, 0.25) is 0 Å². The molecule has 8 heteroatoms. The first-order valence-electron chi connectivity index (χ1n) is 13.3. The second-order valence-electron chi connectivity index (χ2n) is 11.8. The Labute approximate surface area is 231 Å². The number of methoxy groups -OCH3 is 2. The number of halogens is 3. The minimum atomic E-state index is -0.995. The van der Waals surface area contributed by atoms with Crippen LogP contribution in [-0.4, -0.2) is 25.3 Å². The number of benzene rings is 3. The summed E-state index contributed by atoms with van der Waals surface area (Å²) in [5.74, 6) is -3.16. The van der Waals surface area contributed by atoms with Gasteiger partial charge in [-0.25, -0.2) is 13.2 Å². The smallest absolute Gasteiger partial charge is 0.307 e. The van der Waals surface area contributed by atoms with Crippen LogP contribution in [0.1, 0.15) is 62.0 Å². The largest absolute Gasteiger partial charge is 0.497 e. The van der Waals surface area contributed by atoms with Gasteiger partial charge < -0.3 is 19.3 Å². The molecule has 5 rings (SSSR count). The number of carbonyl (C=O) groups is 1. The molecular formula is C32H33F3O5. The van der Waals surface area contributed by atoms with Crippen LogP contribution in [0.4, 0.5) is 13.2 Å². The first-order chi connectivity index (χ1) is 18.9. The molecule has 0 radical (unpaired) electrons. The van der Waals surface area contributed by atoms with Gasteiger partial charge in [0.15, 0.2) is 11.6 Å². The van der Waals surface area contributed by atoms with E-state index in [1.54, 1.807) is 31.4 Å². The first-order valence-corrected chi connectivity index (χ1v) is 13.3. The van der Waals surface area contributed by atoms with Gasteiger partial charge in [-0.05, 0) is 71.2 Å². The summed E-state index contributed by atoms with van der Waals surface area (Å²) in [6, 6.07) is 10.9. The maximum Gasteiger partial charge on any atom is 0.307 e. The predicted octanol–water partition coefficient (Wildman–Crippen LogP) is 7.38. The van der Waals surface area contributed by atoms with Crippen LogP contribution in [0.25, 0.3) is 11.1 Å². The van der Waals surface area contributed by atoms with E-state index < -0.39 is 40.9 Å². The van der Waals surface area contributed by atoms with Crippen LogP contribution < -0.4 is 9.47 Å². The Morgan fingerprint density at radius 2 is 1.80 bits per heavy atom. The van der Waals surface area contributed by atoms with Gasteiger partial charge in [0.25, 0.3) is 0 Å². The zero-order valence-corrected chi connectivity index (χ0v) is 23.2. The highest BCUT2D eigenvalue weighted by molar-refractivity contribution is 5.78. The molecule has 3 aromatic carbocycles. The Morgan fingerprint density at radius 1 is 1.05 bits per heavy atom. The molecule has 3 aromatic rings. The molecule has 0 amide bonds. The summed E-state index contributed by atoms with van der Waals surface area (Å²) in [4.78, 5) is 11.6. The van der Waals surface area contributed by atoms with Crippen molar-refractivity contribution in [2.75, 3.05) is 14.2 Å². The fraction of sp³-hybridized carbons (Fsp3) is 0.406. The number of carboxylic acids is 1. The molecule has 0 bridgehead atoms. The van der Waals surface area contributed by atoms with Crippen LogP contribution >= 0.6 is 0 Å². The van der Waals surface area contributed by atoms with Gasteiger partial charge in [-0.1, -0.05) is 32.9 Å². The number of hydrogen-bond acceptors (Lipinski definition) is 4. The van der Waals surface area contributed by atoms with Gasteiger partial charge in [0.2, 0.25) is 0 Å². The Morgan fingerprint density at radius 3 is 2.42 bits per heavy atom. The summed E-state index contributed by atoms with van der Waals surface area (Å²) in [7, 11) is 3.10. The molecule has 0 aromatic heterocycles. The summed E-state index contributed by atoms with van der Waals surface area (Å²) >= 11 is 0. The molecule has 2 aliphatic rings. The molecule has 0 heterocycles. The van der Waals surface area contributed by atoms with Crippen molar-refractivity contribution >= 4 is 5.97 Å². The van der Waals surface area contributed by atoms with Gasteiger partial charge in [0, 0.05) is 29.7 Å². The van der Waals surface area contributed by atoms with E-state index in [0.717, 1.165) is 6.07 Å². The first kappa shape index (κ1) is 28.0. The van der Waals surface area contributed by atoms with Crippen molar-refractivity contribution in [2.45, 2.75) is 58.2 Å². The average molecular weight is 555 g/mol. The molecule has 3 atom stereocenters. The molecule has 1 fully saturated rings. The van der Waals surface area contributed by atoms with Gasteiger partial charge in [-0.15, -0.1) is 0 Å². The molecule has 40 heavy (non-hydrogen) atoms. The van der Waals surface area contributed by atoms with Crippen LogP contribution in [-0.2, 0) is 28.0 Å². The summed E-state index contributed by atoms with van der Waals surface area (Å²) in [6.07, 6.45) is 0.586. The van der Waals surface area contributed by atoms with Crippen LogP contribution in [0, 0.1) is 28.8 Å². The third-order valence-electron chi connectivity index (χ3n) is 8.25. The maximum absolute atomic E-state index is 15.7. The van der Waals surface area contributed by atoms with E-state index >= 15 is 8.78 Å². The second kappa shape index (κ2) is 10.1. The summed E-state index contributed by atoms with van der Waals surface area (Å²) in [5, 5.41) is 9.50. The number of carboxylic acid groups (broad SMARTS) is 1. The molecule has 1 spiro atoms. The number of hydrogen-bond donors (Lipinski definition) is 1. The lowest BCUT2D eigenvalue weighted by Crippen LogP contribution is -2.21. The molecule has 0 unspecified atom stereocenters. The van der Waals surface area contributed by atoms with Crippen molar-refractivity contribution in [1.29, 1.82) is 0 Å². The number of rotatable bonds is 8. The SMILES string of the molecule is COc1ccc(F)c(-c2ccc(COc3cc(F)c4c(c3F)[C@@]3(CC4)C[C@H]3C(=O)O)cc2[C@H](OC)C(C)(C)C)c1. The fourth-order valence-corrected chi connectivity index (χ4v) is 6.27. The summed E-state index contributed by atoms with van der Waals surface area (Å²) in [6.45, 7) is 5.95. The minimum Gasteiger partial charge on any atom is -0.497 e. The minimum absolute atomic E-state index is 0.0844. The number of fused-ring (bicyclic) bond motifs is 2. The van der Waals surface area contributed by atoms with E-state index in [0.29, 0.717) is 47.3 Å². The topological polar surface area (TPSA) is 65.0 Å². The van der Waals surface area contributed by atoms with Crippen molar-refractivity contribution < 1.29 is 37.3 Å². The average Bonchev–Trinajstić information content (AvgIpc) is 3.50. The van der Waals surface area contributed by atoms with Gasteiger partial charge in [-0.2, -0.15) is 0 Å². The highest BCUT2D eigenvalue weighted by Gasteiger charge is 2.63. The molecule has 1 N–H and O–H groups in total. The van der Waals surface area contributed by atoms with Crippen LogP contribution in [0.15, 0.2) is 42.5 Å². The van der Waals surface area contributed by atoms with Gasteiger partial charge in [-0.3, -0.25) is 4.79 Å². The van der Waals surface area contributed by atoms with Crippen molar-refractivity contribution in [3.63, 3.8) is 0 Å². The van der Waals surface area contributed by atoms with Gasteiger partial charge >= 0.3 is 5.97 Å². The number of aliphatic carboxylic acids is 1. The quantitative estimate of drug-likeness (QED) is 0.315. The zero-order valence-electron chi connectivity index (χ0n) is 23.2. The Bertz CT molecular complexity index is 1480. The molecule has 0 saturated heterocycles. The van der Waals surface area contributed by atoms with Crippen molar-refractivity contribution in [3.05, 3.63) is 82.2 Å². The lowest BCUT2D eigenvalue weighted by atomic mass is 9.81. The van der Waals surface area contributed by atoms with Crippen molar-refractivity contribution in [3.8, 4) is 22.6 Å². The molecule has 0 aliphatic heterocycles. The lowest BCUT2D eigenvalue weighted by molar-refractivity contribution is -0.139. The second-order valence-corrected chi connectivity index (χ2v) is 11.8. The fourth-order valence-electron chi connectivity index (χ4n) is 6.27. The molecule has 212 valence electrons. The van der Waals surface area contributed by atoms with E-state index in [9.17, 15) is 14.3 Å². The lowest BCUT2D eigenvalue weighted by Gasteiger charge is -2.32. The van der Waals surface area contributed by atoms with E-state index in [1.165, 1.54) is 13.2 Å². The molecule has 5 nitrogen and oxygen atoms in total. The molecular weight excluding hydrogens is 521 g/mol. The predicted molar refractivity (Wildman–Crippen MR) is 144 cm³/mol.